The van der Waals surface area contributed by atoms with Crippen molar-refractivity contribution in [3.8, 4) is 5.75 Å². The van der Waals surface area contributed by atoms with Crippen LogP contribution in [0.3, 0.4) is 0 Å². The van der Waals surface area contributed by atoms with E-state index in [0.29, 0.717) is 11.6 Å². The summed E-state index contributed by atoms with van der Waals surface area (Å²) in [6.07, 6.45) is 8.92. The standard InChI is InChI=1S/C31H32N4O4/c1-21-13-15-24(16-14-21)28(23-9-5-3-6-10-23)35-20-33(31(39)29-30(38)26(36)17-18-34(29)35)22(2)19-27(37)32-25-11-7-4-8-12-25/h3-13,15-18,21-22,28,38H,14,19-20H2,1-2H3,(H,32,37). The topological polar surface area (TPSA) is 94.9 Å². The summed E-state index contributed by atoms with van der Waals surface area (Å²) >= 11 is 0. The molecular weight excluding hydrogens is 492 g/mol. The highest BCUT2D eigenvalue weighted by Gasteiger charge is 2.39. The maximum Gasteiger partial charge on any atom is 0.278 e. The van der Waals surface area contributed by atoms with E-state index in [4.69, 9.17) is 0 Å². The number of amides is 2. The van der Waals surface area contributed by atoms with Crippen molar-refractivity contribution >= 4 is 17.5 Å². The van der Waals surface area contributed by atoms with E-state index in [0.717, 1.165) is 17.6 Å². The second-order valence-corrected chi connectivity index (χ2v) is 10.1. The number of carbonyl (C=O) groups is 2. The smallest absolute Gasteiger partial charge is 0.278 e. The molecule has 3 unspecified atom stereocenters. The second kappa shape index (κ2) is 11.0. The van der Waals surface area contributed by atoms with Crippen molar-refractivity contribution in [2.75, 3.05) is 17.0 Å². The Kier molecular flexibility index (Phi) is 7.36. The van der Waals surface area contributed by atoms with E-state index in [9.17, 15) is 19.5 Å². The van der Waals surface area contributed by atoms with Gasteiger partial charge in [-0.15, -0.1) is 0 Å². The molecule has 1 aliphatic carbocycles. The summed E-state index contributed by atoms with van der Waals surface area (Å²) < 4.78 is 1.58. The predicted octanol–water partition coefficient (Wildman–Crippen LogP) is 4.59. The molecule has 8 nitrogen and oxygen atoms in total. The third-order valence-corrected chi connectivity index (χ3v) is 7.23. The van der Waals surface area contributed by atoms with E-state index in [1.165, 1.54) is 12.3 Å². The van der Waals surface area contributed by atoms with Gasteiger partial charge in [0.25, 0.3) is 5.91 Å². The monoisotopic (exact) mass is 524 g/mol. The fourth-order valence-electron chi connectivity index (χ4n) is 5.13. The van der Waals surface area contributed by atoms with Crippen LogP contribution in [0, 0.1) is 5.92 Å². The summed E-state index contributed by atoms with van der Waals surface area (Å²) in [7, 11) is 0. The normalized spacial score (nSPS) is 18.3. The maximum absolute atomic E-state index is 13.7. The van der Waals surface area contributed by atoms with Crippen LogP contribution < -0.4 is 15.8 Å². The van der Waals surface area contributed by atoms with E-state index in [-0.39, 0.29) is 30.7 Å². The molecule has 1 aromatic heterocycles. The lowest BCUT2D eigenvalue weighted by atomic mass is 9.90. The minimum Gasteiger partial charge on any atom is -0.502 e. The van der Waals surface area contributed by atoms with Crippen LogP contribution >= 0.6 is 0 Å². The number of nitrogens with zero attached hydrogens (tertiary/aromatic N) is 3. The van der Waals surface area contributed by atoms with E-state index < -0.39 is 23.1 Å². The van der Waals surface area contributed by atoms with Gasteiger partial charge in [-0.2, -0.15) is 0 Å². The molecule has 0 saturated heterocycles. The number of para-hydroxylation sites is 1. The number of hydrogen-bond acceptors (Lipinski definition) is 5. The van der Waals surface area contributed by atoms with Gasteiger partial charge in [-0.1, -0.05) is 73.7 Å². The Morgan fingerprint density at radius 1 is 1.05 bits per heavy atom. The first kappa shape index (κ1) is 26.0. The molecule has 3 aromatic rings. The van der Waals surface area contributed by atoms with Crippen molar-refractivity contribution in [3.05, 3.63) is 118 Å². The first-order valence-corrected chi connectivity index (χ1v) is 13.1. The molecule has 0 fully saturated rings. The van der Waals surface area contributed by atoms with Crippen molar-refractivity contribution in [2.45, 2.75) is 38.8 Å². The molecule has 2 heterocycles. The molecule has 0 bridgehead atoms. The van der Waals surface area contributed by atoms with Crippen LogP contribution in [-0.2, 0) is 4.79 Å². The molecule has 2 aliphatic rings. The van der Waals surface area contributed by atoms with Crippen LogP contribution in [0.4, 0.5) is 5.69 Å². The van der Waals surface area contributed by atoms with Gasteiger partial charge in [-0.05, 0) is 42.5 Å². The summed E-state index contributed by atoms with van der Waals surface area (Å²) in [4.78, 5) is 40.6. The zero-order valence-corrected chi connectivity index (χ0v) is 22.0. The van der Waals surface area contributed by atoms with Gasteiger partial charge in [-0.25, -0.2) is 0 Å². The molecule has 1 aliphatic heterocycles. The molecule has 8 heteroatoms. The zero-order chi connectivity index (χ0) is 27.5. The van der Waals surface area contributed by atoms with Crippen molar-refractivity contribution in [1.29, 1.82) is 0 Å². The molecule has 2 amide bonds. The first-order valence-electron chi connectivity index (χ1n) is 13.1. The average molecular weight is 525 g/mol. The molecule has 3 atom stereocenters. The van der Waals surface area contributed by atoms with Gasteiger partial charge in [0.1, 0.15) is 6.67 Å². The van der Waals surface area contributed by atoms with Crippen molar-refractivity contribution in [3.63, 3.8) is 0 Å². The van der Waals surface area contributed by atoms with Crippen molar-refractivity contribution < 1.29 is 14.7 Å². The largest absolute Gasteiger partial charge is 0.502 e. The Labute approximate surface area is 227 Å². The second-order valence-electron chi connectivity index (χ2n) is 10.1. The average Bonchev–Trinajstić information content (AvgIpc) is 2.94. The minimum absolute atomic E-state index is 0.0441. The molecule has 2 aromatic carbocycles. The maximum atomic E-state index is 13.7. The quantitative estimate of drug-likeness (QED) is 0.472. The van der Waals surface area contributed by atoms with Gasteiger partial charge in [0.15, 0.2) is 11.4 Å². The van der Waals surface area contributed by atoms with Crippen LogP contribution in [0.25, 0.3) is 0 Å². The van der Waals surface area contributed by atoms with Crippen LogP contribution in [-0.4, -0.2) is 39.2 Å². The molecular formula is C31H32N4O4. The zero-order valence-electron chi connectivity index (χ0n) is 22.0. The fourth-order valence-corrected chi connectivity index (χ4v) is 5.13. The molecule has 0 saturated carbocycles. The summed E-state index contributed by atoms with van der Waals surface area (Å²) in [6.45, 7) is 4.10. The number of fused-ring (bicyclic) bond motifs is 1. The minimum atomic E-state index is -0.632. The van der Waals surface area contributed by atoms with Crippen molar-refractivity contribution in [1.82, 2.24) is 9.58 Å². The fraction of sp³-hybridized carbons (Fsp3) is 0.258. The number of aromatic hydroxyl groups is 1. The summed E-state index contributed by atoms with van der Waals surface area (Å²) in [6, 6.07) is 19.5. The number of anilines is 1. The lowest BCUT2D eigenvalue weighted by Gasteiger charge is -2.46. The number of hydrogen-bond donors (Lipinski definition) is 2. The van der Waals surface area contributed by atoms with E-state index in [1.807, 2.05) is 53.5 Å². The number of nitrogens with one attached hydrogen (secondary N) is 1. The Bertz CT molecular complexity index is 1480. The summed E-state index contributed by atoms with van der Waals surface area (Å²) in [5.74, 6) is -0.929. The SMILES string of the molecule is CC1C=CC(C(c2ccccc2)N2CN(C(C)CC(=O)Nc3ccccc3)C(=O)c3c(O)c(=O)ccn32)=CC1. The Morgan fingerprint density at radius 2 is 1.74 bits per heavy atom. The predicted molar refractivity (Wildman–Crippen MR) is 151 cm³/mol. The summed E-state index contributed by atoms with van der Waals surface area (Å²) in [5.41, 5.74) is 1.97. The van der Waals surface area contributed by atoms with E-state index in [1.54, 1.807) is 28.6 Å². The Morgan fingerprint density at radius 3 is 2.41 bits per heavy atom. The highest BCUT2D eigenvalue weighted by molar-refractivity contribution is 5.97. The molecule has 2 N–H and O–H groups in total. The number of aromatic nitrogens is 1. The first-order chi connectivity index (χ1) is 18.8. The Balaban J connectivity index is 1.53. The van der Waals surface area contributed by atoms with E-state index in [2.05, 4.69) is 30.5 Å². The van der Waals surface area contributed by atoms with Crippen LogP contribution in [0.5, 0.6) is 5.75 Å². The number of rotatable bonds is 7. The van der Waals surface area contributed by atoms with Crippen LogP contribution in [0.15, 0.2) is 102 Å². The molecule has 0 spiro atoms. The molecule has 5 rings (SSSR count). The third-order valence-electron chi connectivity index (χ3n) is 7.23. The van der Waals surface area contributed by atoms with Gasteiger partial charge in [0, 0.05) is 30.4 Å². The molecule has 200 valence electrons. The highest BCUT2D eigenvalue weighted by Crippen LogP contribution is 2.35. The lowest BCUT2D eigenvalue weighted by molar-refractivity contribution is -0.117. The van der Waals surface area contributed by atoms with Crippen LogP contribution in [0.1, 0.15) is 48.8 Å². The van der Waals surface area contributed by atoms with Gasteiger partial charge in [0.05, 0.1) is 6.04 Å². The van der Waals surface area contributed by atoms with Gasteiger partial charge < -0.3 is 15.3 Å². The molecule has 0 radical (unpaired) electrons. The number of allylic oxidation sites excluding steroid dienone is 2. The van der Waals surface area contributed by atoms with E-state index >= 15 is 0 Å². The highest BCUT2D eigenvalue weighted by atomic mass is 16.3. The Hall–Kier alpha value is -4.59. The van der Waals surface area contributed by atoms with Gasteiger partial charge in [0.2, 0.25) is 11.3 Å². The molecule has 39 heavy (non-hydrogen) atoms. The number of benzene rings is 2. The number of pyridine rings is 1. The number of carbonyl (C=O) groups excluding carboxylic acids is 2. The van der Waals surface area contributed by atoms with Crippen molar-refractivity contribution in [2.24, 2.45) is 5.92 Å². The van der Waals surface area contributed by atoms with Crippen LogP contribution in [0.2, 0.25) is 0 Å². The van der Waals surface area contributed by atoms with Gasteiger partial charge >= 0.3 is 0 Å². The summed E-state index contributed by atoms with van der Waals surface area (Å²) in [5, 5.41) is 15.6. The lowest BCUT2D eigenvalue weighted by Crippen LogP contribution is -2.58. The third kappa shape index (κ3) is 5.36. The van der Waals surface area contributed by atoms with Gasteiger partial charge in [-0.3, -0.25) is 24.1 Å².